The lowest BCUT2D eigenvalue weighted by molar-refractivity contribution is -0.124. The highest BCUT2D eigenvalue weighted by molar-refractivity contribution is 7.15. The van der Waals surface area contributed by atoms with Crippen LogP contribution in [0.4, 0.5) is 10.6 Å². The molecular weight excluding hydrogens is 651 g/mol. The zero-order valence-corrected chi connectivity index (χ0v) is 30.5. The highest BCUT2D eigenvalue weighted by Gasteiger charge is 2.36. The number of piperidine rings is 1. The van der Waals surface area contributed by atoms with Crippen LogP contribution in [0.5, 0.6) is 5.75 Å². The van der Waals surface area contributed by atoms with Gasteiger partial charge in [-0.25, -0.2) is 14.8 Å². The largest absolute Gasteiger partial charge is 0.495 e. The van der Waals surface area contributed by atoms with Crippen molar-refractivity contribution in [1.82, 2.24) is 19.9 Å². The molecule has 0 spiro atoms. The van der Waals surface area contributed by atoms with Crippen LogP contribution < -0.4 is 9.64 Å². The number of hydrogen-bond donors (Lipinski definition) is 1. The lowest BCUT2D eigenvalue weighted by Crippen LogP contribution is -2.46. The Balaban J connectivity index is 1.02. The van der Waals surface area contributed by atoms with Crippen molar-refractivity contribution in [2.24, 2.45) is 11.8 Å². The maximum Gasteiger partial charge on any atom is 0.410 e. The average molecular weight is 702 g/mol. The smallest absolute Gasteiger partial charge is 0.410 e. The molecule has 4 fully saturated rings. The molecule has 0 aromatic carbocycles. The van der Waals surface area contributed by atoms with Gasteiger partial charge in [-0.05, 0) is 127 Å². The molecule has 0 bridgehead atoms. The fraction of sp³-hybridized carbons (Fsp3) is 0.615. The van der Waals surface area contributed by atoms with E-state index in [4.69, 9.17) is 24.4 Å². The zero-order valence-electron chi connectivity index (χ0n) is 29.7. The minimum atomic E-state index is -0.720. The number of nitrogens with zero attached hydrogens (tertiary/aromatic N) is 5. The van der Waals surface area contributed by atoms with E-state index in [2.05, 4.69) is 12.1 Å². The summed E-state index contributed by atoms with van der Waals surface area (Å²) in [5.41, 5.74) is 2.38. The van der Waals surface area contributed by atoms with E-state index >= 15 is 0 Å². The fourth-order valence-corrected chi connectivity index (χ4v) is 8.99. The number of aryl methyl sites for hydroxylation is 1. The van der Waals surface area contributed by atoms with Gasteiger partial charge in [-0.1, -0.05) is 0 Å². The van der Waals surface area contributed by atoms with E-state index in [9.17, 15) is 14.7 Å². The molecule has 0 radical (unpaired) electrons. The molecule has 3 aromatic heterocycles. The van der Waals surface area contributed by atoms with Crippen LogP contribution in [0.15, 0.2) is 36.7 Å². The molecule has 11 heteroatoms. The maximum atomic E-state index is 14.5. The second kappa shape index (κ2) is 15.0. The number of aromatic nitrogens is 3. The van der Waals surface area contributed by atoms with Crippen molar-refractivity contribution in [2.45, 2.75) is 114 Å². The van der Waals surface area contributed by atoms with Crippen molar-refractivity contribution in [2.75, 3.05) is 31.6 Å². The van der Waals surface area contributed by atoms with E-state index in [0.717, 1.165) is 53.3 Å². The molecule has 0 atom stereocenters. The van der Waals surface area contributed by atoms with E-state index < -0.39 is 5.60 Å². The Labute approximate surface area is 299 Å². The van der Waals surface area contributed by atoms with Crippen molar-refractivity contribution in [3.63, 3.8) is 0 Å². The number of likely N-dealkylation sites (tertiary alicyclic amines) is 1. The first kappa shape index (κ1) is 34.9. The highest BCUT2D eigenvalue weighted by atomic mass is 32.1. The molecule has 50 heavy (non-hydrogen) atoms. The van der Waals surface area contributed by atoms with Gasteiger partial charge in [0.25, 0.3) is 0 Å². The summed E-state index contributed by atoms with van der Waals surface area (Å²) >= 11 is 1.75. The van der Waals surface area contributed by atoms with E-state index in [-0.39, 0.29) is 24.0 Å². The summed E-state index contributed by atoms with van der Waals surface area (Å²) in [6, 6.07) is 8.21. The fourth-order valence-electron chi connectivity index (χ4n) is 7.90. The molecule has 3 saturated carbocycles. The Hall–Kier alpha value is -3.57. The van der Waals surface area contributed by atoms with Crippen molar-refractivity contribution < 1.29 is 24.2 Å². The summed E-state index contributed by atoms with van der Waals surface area (Å²) in [5, 5.41) is 11.5. The summed E-state index contributed by atoms with van der Waals surface area (Å²) in [7, 11) is 1.68. The number of carbonyl (C=O) groups excluding carboxylic acids is 2. The first-order chi connectivity index (χ1) is 24.2. The number of ether oxygens (including phenoxy) is 2. The number of amides is 2. The molecule has 1 saturated heterocycles. The summed E-state index contributed by atoms with van der Waals surface area (Å²) in [6.45, 7) is 5.46. The molecule has 3 aliphatic carbocycles. The van der Waals surface area contributed by atoms with Crippen LogP contribution in [0, 0.1) is 18.8 Å². The van der Waals surface area contributed by atoms with Gasteiger partial charge in [0.15, 0.2) is 0 Å². The van der Waals surface area contributed by atoms with Gasteiger partial charge < -0.3 is 19.5 Å². The molecule has 268 valence electrons. The normalized spacial score (nSPS) is 25.2. The predicted octanol–water partition coefficient (Wildman–Crippen LogP) is 7.64. The van der Waals surface area contributed by atoms with Crippen LogP contribution in [0.2, 0.25) is 0 Å². The summed E-state index contributed by atoms with van der Waals surface area (Å²) in [4.78, 5) is 46.5. The number of rotatable bonds is 9. The number of anilines is 1. The molecule has 4 aliphatic rings. The maximum absolute atomic E-state index is 14.5. The SMILES string of the molecule is COc1ccc(C2CCC(CN(C(=O)C3CCC(OC(=O)N4CCC(C)(O)CC4)CC3)c3cc(-c4cnc(C5CC5)s4)ccn3)CC2)nc1C. The predicted molar refractivity (Wildman–Crippen MR) is 194 cm³/mol. The van der Waals surface area contributed by atoms with Crippen molar-refractivity contribution >= 4 is 29.2 Å². The van der Waals surface area contributed by atoms with Crippen LogP contribution in [0.1, 0.15) is 112 Å². The number of thiazole rings is 1. The second-order valence-corrected chi connectivity index (χ2v) is 16.3. The Kier molecular flexibility index (Phi) is 10.4. The monoisotopic (exact) mass is 701 g/mol. The number of methoxy groups -OCH3 is 1. The molecule has 1 N–H and O–H groups in total. The molecule has 1 aliphatic heterocycles. The minimum Gasteiger partial charge on any atom is -0.495 e. The third kappa shape index (κ3) is 8.15. The van der Waals surface area contributed by atoms with Gasteiger partial charge >= 0.3 is 6.09 Å². The topological polar surface area (TPSA) is 118 Å². The van der Waals surface area contributed by atoms with Crippen LogP contribution >= 0.6 is 11.3 Å². The van der Waals surface area contributed by atoms with Crippen LogP contribution in [-0.2, 0) is 9.53 Å². The second-order valence-electron chi connectivity index (χ2n) is 15.3. The van der Waals surface area contributed by atoms with Gasteiger partial charge in [-0.15, -0.1) is 11.3 Å². The van der Waals surface area contributed by atoms with Gasteiger partial charge in [0.1, 0.15) is 17.7 Å². The van der Waals surface area contributed by atoms with Gasteiger partial charge in [-0.2, -0.15) is 0 Å². The molecule has 2 amide bonds. The zero-order chi connectivity index (χ0) is 34.8. The lowest BCUT2D eigenvalue weighted by Gasteiger charge is -2.37. The first-order valence-electron chi connectivity index (χ1n) is 18.6. The molecular formula is C39H51N5O5S. The number of hydrogen-bond acceptors (Lipinski definition) is 9. The van der Waals surface area contributed by atoms with Gasteiger partial charge in [0.05, 0.1) is 28.3 Å². The summed E-state index contributed by atoms with van der Waals surface area (Å²) in [5.74, 6) is 2.88. The van der Waals surface area contributed by atoms with Crippen molar-refractivity contribution in [1.29, 1.82) is 0 Å². The molecule has 10 nitrogen and oxygen atoms in total. The van der Waals surface area contributed by atoms with E-state index in [1.54, 1.807) is 23.3 Å². The average Bonchev–Trinajstić information content (AvgIpc) is 3.86. The Morgan fingerprint density at radius 2 is 1.70 bits per heavy atom. The molecule has 3 aromatic rings. The molecule has 0 unspecified atom stereocenters. The van der Waals surface area contributed by atoms with Gasteiger partial charge in [0.2, 0.25) is 5.91 Å². The minimum absolute atomic E-state index is 0.121. The Bertz CT molecular complexity index is 1650. The van der Waals surface area contributed by atoms with Crippen molar-refractivity contribution in [3.8, 4) is 16.2 Å². The first-order valence-corrected chi connectivity index (χ1v) is 19.4. The van der Waals surface area contributed by atoms with E-state index in [1.807, 2.05) is 43.3 Å². The third-order valence-electron chi connectivity index (χ3n) is 11.4. The third-order valence-corrected chi connectivity index (χ3v) is 12.6. The standard InChI is InChI=1S/C39H51N5O5S/c1-25-33(48-3)15-14-32(42-25)27-6-4-26(5-7-27)24-44(35-22-30(16-19-40-35)34-23-41-36(50-34)28-8-9-28)37(45)29-10-12-31(13-11-29)49-38(46)43-20-17-39(2,47)18-21-43/h14-16,19,22-23,26-29,31,47H,4-13,17-18,20-21,24H2,1-3H3. The number of carbonyl (C=O) groups is 2. The Morgan fingerprint density at radius 3 is 2.38 bits per heavy atom. The van der Waals surface area contributed by atoms with E-state index in [1.165, 1.54) is 17.8 Å². The highest BCUT2D eigenvalue weighted by Crippen LogP contribution is 2.44. The summed E-state index contributed by atoms with van der Waals surface area (Å²) < 4.78 is 11.3. The molecule has 7 rings (SSSR count). The van der Waals surface area contributed by atoms with Gasteiger partial charge in [0, 0.05) is 55.5 Å². The van der Waals surface area contributed by atoms with Crippen LogP contribution in [0.25, 0.3) is 10.4 Å². The van der Waals surface area contributed by atoms with E-state index in [0.29, 0.717) is 81.7 Å². The quantitative estimate of drug-likeness (QED) is 0.242. The summed E-state index contributed by atoms with van der Waals surface area (Å²) in [6.07, 6.45) is 13.6. The number of aliphatic hydroxyl groups is 1. The lowest BCUT2D eigenvalue weighted by atomic mass is 9.79. The Morgan fingerprint density at radius 1 is 0.980 bits per heavy atom. The van der Waals surface area contributed by atoms with Crippen LogP contribution in [0.3, 0.4) is 0 Å². The van der Waals surface area contributed by atoms with Crippen LogP contribution in [-0.4, -0.2) is 75.4 Å². The molecule has 4 heterocycles. The van der Waals surface area contributed by atoms with Crippen molar-refractivity contribution in [3.05, 3.63) is 53.1 Å². The number of pyridine rings is 2. The van der Waals surface area contributed by atoms with Gasteiger partial charge in [-0.3, -0.25) is 14.7 Å².